The predicted octanol–water partition coefficient (Wildman–Crippen LogP) is 5.85. The zero-order chi connectivity index (χ0) is 21.0. The number of benzene rings is 3. The smallest absolute Gasteiger partial charge is 0.335 e. The van der Waals surface area contributed by atoms with Crippen LogP contribution in [0, 0.1) is 5.41 Å². The van der Waals surface area contributed by atoms with Gasteiger partial charge in [0.1, 0.15) is 0 Å². The minimum Gasteiger partial charge on any atom is -0.478 e. The third-order valence-corrected chi connectivity index (χ3v) is 6.23. The van der Waals surface area contributed by atoms with Crippen LogP contribution in [-0.4, -0.2) is 16.9 Å². The van der Waals surface area contributed by atoms with E-state index in [-0.39, 0.29) is 22.8 Å². The van der Waals surface area contributed by atoms with Gasteiger partial charge in [-0.25, -0.2) is 4.79 Å². The minimum atomic E-state index is -0.953. The fraction of sp³-hybridized carbons (Fsp3) is 0.231. The first kappa shape index (κ1) is 18.6. The van der Waals surface area contributed by atoms with Crippen molar-refractivity contribution in [2.75, 3.05) is 5.32 Å². The van der Waals surface area contributed by atoms with Crippen LogP contribution in [0.25, 0.3) is 16.3 Å². The topological polar surface area (TPSA) is 66.4 Å². The number of anilines is 1. The van der Waals surface area contributed by atoms with Crippen LogP contribution in [0.4, 0.5) is 5.69 Å². The average molecular weight is 397 g/mol. The molecule has 0 fully saturated rings. The fourth-order valence-electron chi connectivity index (χ4n) is 4.91. The number of ketones is 1. The third-order valence-electron chi connectivity index (χ3n) is 6.23. The number of fused-ring (bicyclic) bond motifs is 4. The lowest BCUT2D eigenvalue weighted by Gasteiger charge is -2.40. The van der Waals surface area contributed by atoms with Gasteiger partial charge in [-0.3, -0.25) is 4.79 Å². The molecule has 0 saturated carbocycles. The van der Waals surface area contributed by atoms with Gasteiger partial charge < -0.3 is 10.4 Å². The Hall–Kier alpha value is -3.40. The zero-order valence-electron chi connectivity index (χ0n) is 17.0. The Morgan fingerprint density at radius 2 is 1.73 bits per heavy atom. The molecule has 0 saturated heterocycles. The Bertz CT molecular complexity index is 1230. The lowest BCUT2D eigenvalue weighted by atomic mass is 9.68. The van der Waals surface area contributed by atoms with E-state index in [0.717, 1.165) is 45.2 Å². The predicted molar refractivity (Wildman–Crippen MR) is 119 cm³/mol. The summed E-state index contributed by atoms with van der Waals surface area (Å²) in [7, 11) is 0. The van der Waals surface area contributed by atoms with Crippen molar-refractivity contribution < 1.29 is 14.7 Å². The molecule has 1 atom stereocenters. The van der Waals surface area contributed by atoms with Crippen molar-refractivity contribution >= 4 is 33.8 Å². The molecule has 150 valence electrons. The van der Waals surface area contributed by atoms with Crippen LogP contribution in [0.3, 0.4) is 0 Å². The number of nitrogens with one attached hydrogen (secondary N) is 1. The van der Waals surface area contributed by atoms with Gasteiger partial charge in [-0.15, -0.1) is 0 Å². The maximum atomic E-state index is 13.4. The average Bonchev–Trinajstić information content (AvgIpc) is 2.72. The summed E-state index contributed by atoms with van der Waals surface area (Å²) >= 11 is 0. The highest BCUT2D eigenvalue weighted by atomic mass is 16.4. The molecule has 4 nitrogen and oxygen atoms in total. The molecule has 0 aromatic heterocycles. The van der Waals surface area contributed by atoms with Crippen molar-refractivity contribution in [3.63, 3.8) is 0 Å². The molecule has 4 heteroatoms. The molecule has 1 heterocycles. The van der Waals surface area contributed by atoms with Gasteiger partial charge in [-0.05, 0) is 51.9 Å². The van der Waals surface area contributed by atoms with E-state index in [0.29, 0.717) is 6.42 Å². The highest BCUT2D eigenvalue weighted by Crippen LogP contribution is 2.51. The van der Waals surface area contributed by atoms with Gasteiger partial charge in [-0.1, -0.05) is 56.3 Å². The van der Waals surface area contributed by atoms with Crippen LogP contribution in [0.5, 0.6) is 0 Å². The number of carboxylic acids is 1. The van der Waals surface area contributed by atoms with Gasteiger partial charge in [0, 0.05) is 23.2 Å². The van der Waals surface area contributed by atoms with E-state index in [9.17, 15) is 14.7 Å². The lowest BCUT2D eigenvalue weighted by molar-refractivity contribution is -0.118. The monoisotopic (exact) mass is 397 g/mol. The summed E-state index contributed by atoms with van der Waals surface area (Å²) in [5, 5.41) is 15.1. The maximum absolute atomic E-state index is 13.4. The van der Waals surface area contributed by atoms with Crippen LogP contribution in [0.2, 0.25) is 0 Å². The molecule has 0 bridgehead atoms. The molecule has 2 N–H and O–H groups in total. The molecule has 2 aliphatic rings. The molecule has 3 aromatic rings. The normalized spacial score (nSPS) is 19.8. The van der Waals surface area contributed by atoms with Crippen LogP contribution in [0.15, 0.2) is 66.2 Å². The van der Waals surface area contributed by atoms with Gasteiger partial charge >= 0.3 is 5.97 Å². The molecule has 1 aliphatic heterocycles. The fourth-order valence-corrected chi connectivity index (χ4v) is 4.91. The zero-order valence-corrected chi connectivity index (χ0v) is 17.0. The third kappa shape index (κ3) is 2.91. The number of hydrogen-bond donors (Lipinski definition) is 2. The molecule has 0 spiro atoms. The van der Waals surface area contributed by atoms with E-state index in [4.69, 9.17) is 0 Å². The Morgan fingerprint density at radius 1 is 1.00 bits per heavy atom. The van der Waals surface area contributed by atoms with Crippen LogP contribution in [-0.2, 0) is 4.79 Å². The molecule has 0 unspecified atom stereocenters. The van der Waals surface area contributed by atoms with Crippen LogP contribution >= 0.6 is 0 Å². The van der Waals surface area contributed by atoms with Crippen molar-refractivity contribution in [3.05, 3.63) is 82.9 Å². The van der Waals surface area contributed by atoms with Gasteiger partial charge in [0.05, 0.1) is 11.6 Å². The quantitative estimate of drug-likeness (QED) is 0.569. The molecular formula is C26H23NO3. The second-order valence-electron chi connectivity index (χ2n) is 9.05. The largest absolute Gasteiger partial charge is 0.478 e. The Balaban J connectivity index is 1.74. The number of hydrogen-bond acceptors (Lipinski definition) is 3. The van der Waals surface area contributed by atoms with Gasteiger partial charge in [0.15, 0.2) is 5.78 Å². The van der Waals surface area contributed by atoms with Crippen LogP contribution < -0.4 is 5.32 Å². The van der Waals surface area contributed by atoms with E-state index in [2.05, 4.69) is 43.4 Å². The van der Waals surface area contributed by atoms with Crippen LogP contribution in [0.1, 0.15) is 54.2 Å². The Morgan fingerprint density at radius 3 is 2.47 bits per heavy atom. The van der Waals surface area contributed by atoms with E-state index >= 15 is 0 Å². The summed E-state index contributed by atoms with van der Waals surface area (Å²) in [6, 6.07) is 19.0. The van der Waals surface area contributed by atoms with E-state index in [1.807, 2.05) is 24.3 Å². The maximum Gasteiger partial charge on any atom is 0.335 e. The lowest BCUT2D eigenvalue weighted by Crippen LogP contribution is -2.33. The molecule has 5 rings (SSSR count). The Labute approximate surface area is 175 Å². The van der Waals surface area contributed by atoms with E-state index in [1.165, 1.54) is 0 Å². The van der Waals surface area contributed by atoms with Gasteiger partial charge in [0.2, 0.25) is 0 Å². The number of Topliss-reactive ketones (excluding diaryl/α,β-unsaturated/α-hetero) is 1. The summed E-state index contributed by atoms with van der Waals surface area (Å²) in [6.45, 7) is 4.30. The number of allylic oxidation sites excluding steroid dienone is 1. The molecular weight excluding hydrogens is 374 g/mol. The van der Waals surface area contributed by atoms with Gasteiger partial charge in [-0.2, -0.15) is 0 Å². The first-order chi connectivity index (χ1) is 14.3. The molecule has 30 heavy (non-hydrogen) atoms. The highest BCUT2D eigenvalue weighted by Gasteiger charge is 2.40. The minimum absolute atomic E-state index is 0.0980. The highest BCUT2D eigenvalue weighted by molar-refractivity contribution is 6.12. The van der Waals surface area contributed by atoms with Crippen molar-refractivity contribution in [1.82, 2.24) is 0 Å². The standard InChI is InChI=1S/C26H23NO3/c1-26(2)13-19-22-18-6-4-3-5-15(18)11-12-20(22)27-24(23(19)21(28)14-26)16-7-9-17(10-8-16)25(29)30/h3-12,24,27H,13-14H2,1-2H3,(H,29,30)/t24-/m0/s1. The Kier molecular flexibility index (Phi) is 4.07. The summed E-state index contributed by atoms with van der Waals surface area (Å²) in [6.07, 6.45) is 1.35. The van der Waals surface area contributed by atoms with Gasteiger partial charge in [0.25, 0.3) is 0 Å². The first-order valence-corrected chi connectivity index (χ1v) is 10.2. The number of carbonyl (C=O) groups is 2. The van der Waals surface area contributed by atoms with Crippen molar-refractivity contribution in [1.29, 1.82) is 0 Å². The number of rotatable bonds is 2. The molecule has 0 amide bonds. The molecule has 3 aromatic carbocycles. The molecule has 1 aliphatic carbocycles. The molecule has 0 radical (unpaired) electrons. The second-order valence-corrected chi connectivity index (χ2v) is 9.05. The number of carbonyl (C=O) groups excluding carboxylic acids is 1. The van der Waals surface area contributed by atoms with E-state index in [1.54, 1.807) is 12.1 Å². The van der Waals surface area contributed by atoms with Crippen molar-refractivity contribution in [2.24, 2.45) is 5.41 Å². The first-order valence-electron chi connectivity index (χ1n) is 10.2. The summed E-state index contributed by atoms with van der Waals surface area (Å²) < 4.78 is 0. The summed E-state index contributed by atoms with van der Waals surface area (Å²) in [5.74, 6) is -0.787. The van der Waals surface area contributed by atoms with E-state index < -0.39 is 5.97 Å². The number of carboxylic acid groups (broad SMARTS) is 1. The SMILES string of the molecule is CC1(C)CC(=O)C2=C(C1)c1c(ccc3ccccc13)N[C@H]2c1ccc(C(=O)O)cc1. The second kappa shape index (κ2) is 6.56. The van der Waals surface area contributed by atoms with Crippen molar-refractivity contribution in [3.8, 4) is 0 Å². The summed E-state index contributed by atoms with van der Waals surface area (Å²) in [5.41, 5.74) is 5.13. The number of aromatic carboxylic acids is 1. The van der Waals surface area contributed by atoms with Crippen molar-refractivity contribution in [2.45, 2.75) is 32.7 Å². The summed E-state index contributed by atoms with van der Waals surface area (Å²) in [4.78, 5) is 24.6.